The normalized spacial score (nSPS) is 14.2. The molecule has 0 amide bonds. The Hall–Kier alpha value is -0.290. The molecule has 2 nitrogen and oxygen atoms in total. The predicted molar refractivity (Wildman–Crippen MR) is 93.1 cm³/mol. The lowest BCUT2D eigenvalue weighted by molar-refractivity contribution is -0.852. The summed E-state index contributed by atoms with van der Waals surface area (Å²) in [6.07, 6.45) is 4.61. The average Bonchev–Trinajstić information content (AvgIpc) is 2.42. The van der Waals surface area contributed by atoms with Crippen molar-refractivity contribution in [2.75, 3.05) is 18.1 Å². The minimum Gasteiger partial charge on any atom is -0.486 e. The van der Waals surface area contributed by atoms with Gasteiger partial charge in [-0.2, -0.15) is 0 Å². The first kappa shape index (κ1) is 16.8. The van der Waals surface area contributed by atoms with Crippen LogP contribution in [0, 0.1) is 0 Å². The first-order chi connectivity index (χ1) is 9.10. The van der Waals surface area contributed by atoms with Crippen molar-refractivity contribution < 1.29 is 4.59 Å². The molecular weight excluding hydrogens is 347 g/mol. The Morgan fingerprint density at radius 2 is 1.58 bits per heavy atom. The van der Waals surface area contributed by atoms with Crippen molar-refractivity contribution in [3.8, 4) is 0 Å². The summed E-state index contributed by atoms with van der Waals surface area (Å²) < 4.78 is 1.78. The maximum absolute atomic E-state index is 5.09. The van der Waals surface area contributed by atoms with Gasteiger partial charge in [0.25, 0.3) is 0 Å². The van der Waals surface area contributed by atoms with Crippen LogP contribution < -0.4 is 0 Å². The van der Waals surface area contributed by atoms with Crippen LogP contribution in [0.3, 0.4) is 0 Å². The molecule has 1 unspecified atom stereocenters. The van der Waals surface area contributed by atoms with E-state index in [-0.39, 0.29) is 0 Å². The molecule has 0 aliphatic rings. The Kier molecular flexibility index (Phi) is 7.15. The fourth-order valence-corrected chi connectivity index (χ4v) is 2.77. The Morgan fingerprint density at radius 3 is 1.95 bits per heavy atom. The molecule has 0 saturated carbocycles. The standard InChI is InChI=1S/C16H27IN2/c1-5-9-14-11-8-12-15(10-6-2)16(14)18-19(4,7-3)13-17/h8,11-12H,5-7,9-10,13H2,1-4H3. The van der Waals surface area contributed by atoms with Crippen molar-refractivity contribution in [2.24, 2.45) is 0 Å². The molecule has 0 saturated heterocycles. The van der Waals surface area contributed by atoms with Gasteiger partial charge in [-0.25, -0.2) is 0 Å². The third-order valence-corrected chi connectivity index (χ3v) is 4.99. The first-order valence-corrected chi connectivity index (χ1v) is 8.87. The fraction of sp³-hybridized carbons (Fsp3) is 0.625. The average molecular weight is 374 g/mol. The summed E-state index contributed by atoms with van der Waals surface area (Å²) >= 11 is 2.44. The van der Waals surface area contributed by atoms with Crippen molar-refractivity contribution in [3.05, 3.63) is 34.8 Å². The van der Waals surface area contributed by atoms with E-state index in [0.717, 1.165) is 28.5 Å². The van der Waals surface area contributed by atoms with E-state index >= 15 is 0 Å². The van der Waals surface area contributed by atoms with Crippen molar-refractivity contribution in [1.82, 2.24) is 0 Å². The number of nitrogens with zero attached hydrogens (tertiary/aromatic N) is 2. The molecule has 1 atom stereocenters. The molecule has 1 aromatic carbocycles. The number of halogens is 1. The molecule has 0 radical (unpaired) electrons. The molecule has 0 spiro atoms. The molecule has 1 aromatic rings. The monoisotopic (exact) mass is 374 g/mol. The van der Waals surface area contributed by atoms with Crippen molar-refractivity contribution in [3.63, 3.8) is 0 Å². The molecule has 0 aromatic heterocycles. The molecule has 0 N–H and O–H groups in total. The Bertz CT molecular complexity index is 362. The highest BCUT2D eigenvalue weighted by molar-refractivity contribution is 14.1. The van der Waals surface area contributed by atoms with Gasteiger partial charge in [-0.05, 0) is 42.4 Å². The molecule has 0 bridgehead atoms. The molecular formula is C16H27IN2. The van der Waals surface area contributed by atoms with E-state index in [1.807, 2.05) is 0 Å². The molecule has 0 aliphatic carbocycles. The van der Waals surface area contributed by atoms with E-state index in [4.69, 9.17) is 5.43 Å². The number of rotatable bonds is 8. The summed E-state index contributed by atoms with van der Waals surface area (Å²) in [5, 5.41) is 0. The van der Waals surface area contributed by atoms with Crippen molar-refractivity contribution in [2.45, 2.75) is 46.5 Å². The Labute approximate surface area is 132 Å². The summed E-state index contributed by atoms with van der Waals surface area (Å²) in [5.74, 6) is 0. The van der Waals surface area contributed by atoms with E-state index in [9.17, 15) is 0 Å². The zero-order valence-corrected chi connectivity index (χ0v) is 14.9. The zero-order chi connectivity index (χ0) is 14.3. The van der Waals surface area contributed by atoms with Gasteiger partial charge in [0.15, 0.2) is 0 Å². The van der Waals surface area contributed by atoms with Crippen LogP contribution in [0.1, 0.15) is 44.7 Å². The number of aryl methyl sites for hydroxylation is 2. The maximum atomic E-state index is 5.09. The first-order valence-electron chi connectivity index (χ1n) is 7.34. The van der Waals surface area contributed by atoms with E-state index in [1.54, 1.807) is 0 Å². The highest BCUT2D eigenvalue weighted by Gasteiger charge is 2.11. The highest BCUT2D eigenvalue weighted by atomic mass is 127. The SMILES string of the molecule is CCCc1cccc(CCC)c1[N-][N+](C)(CC)CI. The van der Waals surface area contributed by atoms with Gasteiger partial charge in [0.1, 0.15) is 4.55 Å². The highest BCUT2D eigenvalue weighted by Crippen LogP contribution is 2.35. The van der Waals surface area contributed by atoms with E-state index in [0.29, 0.717) is 0 Å². The molecule has 108 valence electrons. The second-order valence-corrected chi connectivity index (χ2v) is 5.98. The van der Waals surface area contributed by atoms with Crippen LogP contribution in [0.2, 0.25) is 0 Å². The van der Waals surface area contributed by atoms with Gasteiger partial charge in [0, 0.05) is 0 Å². The summed E-state index contributed by atoms with van der Waals surface area (Å²) in [6.45, 7) is 7.73. The van der Waals surface area contributed by atoms with Crippen LogP contribution in [-0.4, -0.2) is 22.7 Å². The number of benzene rings is 1. The Balaban J connectivity index is 3.12. The summed E-state index contributed by atoms with van der Waals surface area (Å²) in [5.41, 5.74) is 9.18. The second kappa shape index (κ2) is 8.10. The van der Waals surface area contributed by atoms with Crippen LogP contribution in [0.15, 0.2) is 18.2 Å². The molecule has 19 heavy (non-hydrogen) atoms. The molecule has 0 fully saturated rings. The molecule has 0 aliphatic heterocycles. The molecule has 1 rings (SSSR count). The minimum atomic E-state index is 0.762. The van der Waals surface area contributed by atoms with Gasteiger partial charge in [0.2, 0.25) is 0 Å². The largest absolute Gasteiger partial charge is 0.486 e. The lowest BCUT2D eigenvalue weighted by Gasteiger charge is -2.46. The van der Waals surface area contributed by atoms with E-state index < -0.39 is 0 Å². The quantitative estimate of drug-likeness (QED) is 0.191. The Morgan fingerprint density at radius 1 is 1.05 bits per heavy atom. The number of alkyl halides is 1. The minimum absolute atomic E-state index is 0.762. The number of hydrogen-bond acceptors (Lipinski definition) is 0. The second-order valence-electron chi connectivity index (χ2n) is 5.30. The number of hydrogen-bond donors (Lipinski definition) is 0. The molecule has 0 heterocycles. The van der Waals surface area contributed by atoms with Crippen LogP contribution in [0.25, 0.3) is 5.43 Å². The topological polar surface area (TPSA) is 14.1 Å². The van der Waals surface area contributed by atoms with Gasteiger partial charge in [-0.1, -0.05) is 61.7 Å². The van der Waals surface area contributed by atoms with E-state index in [1.165, 1.54) is 29.7 Å². The van der Waals surface area contributed by atoms with Crippen LogP contribution in [0.5, 0.6) is 0 Å². The fourth-order valence-electron chi connectivity index (χ4n) is 2.14. The van der Waals surface area contributed by atoms with Gasteiger partial charge >= 0.3 is 0 Å². The predicted octanol–water partition coefficient (Wildman–Crippen LogP) is 5.37. The van der Waals surface area contributed by atoms with Crippen molar-refractivity contribution >= 4 is 28.3 Å². The van der Waals surface area contributed by atoms with Crippen LogP contribution in [-0.2, 0) is 12.8 Å². The van der Waals surface area contributed by atoms with Crippen LogP contribution >= 0.6 is 22.6 Å². The number of quaternary nitrogens is 1. The van der Waals surface area contributed by atoms with E-state index in [2.05, 4.69) is 68.6 Å². The third kappa shape index (κ3) is 4.63. The summed E-state index contributed by atoms with van der Waals surface area (Å²) in [6, 6.07) is 6.68. The van der Waals surface area contributed by atoms with Gasteiger partial charge in [-0.3, -0.25) is 0 Å². The smallest absolute Gasteiger partial charge is 0.124 e. The van der Waals surface area contributed by atoms with Gasteiger partial charge in [-0.15, -0.1) is 0 Å². The van der Waals surface area contributed by atoms with Crippen LogP contribution in [0.4, 0.5) is 5.69 Å². The lowest BCUT2D eigenvalue weighted by Crippen LogP contribution is -2.37. The van der Waals surface area contributed by atoms with Crippen molar-refractivity contribution in [1.29, 1.82) is 0 Å². The maximum Gasteiger partial charge on any atom is 0.124 e. The lowest BCUT2D eigenvalue weighted by atomic mass is 10.0. The summed E-state index contributed by atoms with van der Waals surface area (Å²) in [7, 11) is 2.21. The third-order valence-electron chi connectivity index (χ3n) is 3.52. The zero-order valence-electron chi connectivity index (χ0n) is 12.7. The van der Waals surface area contributed by atoms with Gasteiger partial charge < -0.3 is 10.0 Å². The summed E-state index contributed by atoms with van der Waals surface area (Å²) in [4.78, 5) is 0. The van der Waals surface area contributed by atoms with Gasteiger partial charge in [0.05, 0.1) is 13.6 Å². The molecule has 3 heteroatoms.